The van der Waals surface area contributed by atoms with E-state index in [0.717, 1.165) is 0 Å². The molecule has 1 aliphatic rings. The number of esters is 2. The Morgan fingerprint density at radius 3 is 2.64 bits per heavy atom. The summed E-state index contributed by atoms with van der Waals surface area (Å²) in [6.45, 7) is 0.154. The van der Waals surface area contributed by atoms with E-state index in [9.17, 15) is 18.8 Å². The lowest BCUT2D eigenvalue weighted by Crippen LogP contribution is -2.26. The van der Waals surface area contributed by atoms with Crippen LogP contribution in [0.2, 0.25) is 0 Å². The molecule has 0 spiro atoms. The van der Waals surface area contributed by atoms with Crippen molar-refractivity contribution in [3.63, 3.8) is 0 Å². The van der Waals surface area contributed by atoms with Gasteiger partial charge in [-0.1, -0.05) is 6.07 Å². The molecule has 6 nitrogen and oxygen atoms in total. The van der Waals surface area contributed by atoms with Crippen LogP contribution in [-0.2, 0) is 30.3 Å². The number of carbonyl (C=O) groups is 3. The van der Waals surface area contributed by atoms with Crippen LogP contribution in [0.4, 0.5) is 10.1 Å². The number of hydrogen-bond acceptors (Lipinski definition) is 5. The number of amides is 1. The van der Waals surface area contributed by atoms with E-state index in [2.05, 4.69) is 9.47 Å². The summed E-state index contributed by atoms with van der Waals surface area (Å²) in [5, 5.41) is 0. The summed E-state index contributed by atoms with van der Waals surface area (Å²) in [5.41, 5.74) is 0.536. The maximum absolute atomic E-state index is 14.0. The quantitative estimate of drug-likeness (QED) is 0.778. The van der Waals surface area contributed by atoms with Crippen molar-refractivity contribution in [2.75, 3.05) is 25.7 Å². The van der Waals surface area contributed by atoms with Gasteiger partial charge in [0.15, 0.2) is 0 Å². The number of rotatable bonds is 4. The minimum atomic E-state index is -0.600. The van der Waals surface area contributed by atoms with Gasteiger partial charge in [-0.05, 0) is 17.7 Å². The molecule has 7 heteroatoms. The average molecular weight is 309 g/mol. The van der Waals surface area contributed by atoms with Gasteiger partial charge in [0.05, 0.1) is 26.6 Å². The standard InChI is InChI=1S/C15H16FNO5/c1-21-14(19)6-9-3-4-11(7-12(9)16)17-8-10(5-13(17)18)15(20)22-2/h3-4,7,10H,5-6,8H2,1-2H3. The highest BCUT2D eigenvalue weighted by atomic mass is 19.1. The number of ether oxygens (including phenoxy) is 2. The Kier molecular flexibility index (Phi) is 4.75. The molecule has 0 saturated carbocycles. The lowest BCUT2D eigenvalue weighted by Gasteiger charge is -2.17. The number of hydrogen-bond donors (Lipinski definition) is 0. The van der Waals surface area contributed by atoms with Gasteiger partial charge in [-0.25, -0.2) is 4.39 Å². The number of nitrogens with zero attached hydrogens (tertiary/aromatic N) is 1. The van der Waals surface area contributed by atoms with Crippen molar-refractivity contribution >= 4 is 23.5 Å². The minimum Gasteiger partial charge on any atom is -0.469 e. The maximum Gasteiger partial charge on any atom is 0.311 e. The zero-order chi connectivity index (χ0) is 16.3. The van der Waals surface area contributed by atoms with Crippen LogP contribution in [0.5, 0.6) is 0 Å². The molecule has 1 aromatic carbocycles. The predicted molar refractivity (Wildman–Crippen MR) is 74.6 cm³/mol. The first-order valence-electron chi connectivity index (χ1n) is 6.69. The number of halogens is 1. The van der Waals surface area contributed by atoms with E-state index in [0.29, 0.717) is 5.69 Å². The van der Waals surface area contributed by atoms with Gasteiger partial charge in [-0.15, -0.1) is 0 Å². The Labute approximate surface area is 126 Å². The molecular formula is C15H16FNO5. The highest BCUT2D eigenvalue weighted by molar-refractivity contribution is 5.99. The second-order valence-electron chi connectivity index (χ2n) is 4.96. The van der Waals surface area contributed by atoms with Crippen molar-refractivity contribution < 1.29 is 28.2 Å². The van der Waals surface area contributed by atoms with Gasteiger partial charge in [0.25, 0.3) is 0 Å². The highest BCUT2D eigenvalue weighted by Gasteiger charge is 2.36. The Morgan fingerprint density at radius 2 is 2.05 bits per heavy atom. The fraction of sp³-hybridized carbons (Fsp3) is 0.400. The van der Waals surface area contributed by atoms with Crippen molar-refractivity contribution in [1.82, 2.24) is 0 Å². The van der Waals surface area contributed by atoms with E-state index in [1.807, 2.05) is 0 Å². The summed E-state index contributed by atoms with van der Waals surface area (Å²) >= 11 is 0. The fourth-order valence-corrected chi connectivity index (χ4v) is 2.36. The van der Waals surface area contributed by atoms with Crippen LogP contribution in [0, 0.1) is 11.7 Å². The summed E-state index contributed by atoms with van der Waals surface area (Å²) in [6.07, 6.45) is -0.139. The second-order valence-corrected chi connectivity index (χ2v) is 4.96. The molecule has 0 N–H and O–H groups in total. The van der Waals surface area contributed by atoms with Gasteiger partial charge in [-0.2, -0.15) is 0 Å². The van der Waals surface area contributed by atoms with Gasteiger partial charge in [0.1, 0.15) is 5.82 Å². The first kappa shape index (κ1) is 15.9. The third-order valence-corrected chi connectivity index (χ3v) is 3.57. The summed E-state index contributed by atoms with van der Waals surface area (Å²) in [6, 6.07) is 4.15. The van der Waals surface area contributed by atoms with E-state index < -0.39 is 23.7 Å². The highest BCUT2D eigenvalue weighted by Crippen LogP contribution is 2.27. The molecule has 1 aliphatic heterocycles. The van der Waals surface area contributed by atoms with Gasteiger partial charge in [0.2, 0.25) is 5.91 Å². The van der Waals surface area contributed by atoms with Crippen LogP contribution in [0.15, 0.2) is 18.2 Å². The Bertz CT molecular complexity index is 616. The Hall–Kier alpha value is -2.44. The summed E-state index contributed by atoms with van der Waals surface area (Å²) < 4.78 is 23.1. The minimum absolute atomic E-state index is 0.0399. The zero-order valence-corrected chi connectivity index (χ0v) is 12.3. The molecule has 1 heterocycles. The third kappa shape index (κ3) is 3.24. The number of carbonyl (C=O) groups excluding carboxylic acids is 3. The van der Waals surface area contributed by atoms with Crippen LogP contribution in [0.1, 0.15) is 12.0 Å². The molecule has 1 aromatic rings. The lowest BCUT2D eigenvalue weighted by atomic mass is 10.1. The molecule has 1 amide bonds. The molecule has 0 radical (unpaired) electrons. The van der Waals surface area contributed by atoms with Crippen LogP contribution in [0.25, 0.3) is 0 Å². The zero-order valence-electron chi connectivity index (χ0n) is 12.3. The Balaban J connectivity index is 2.16. The maximum atomic E-state index is 14.0. The third-order valence-electron chi connectivity index (χ3n) is 3.57. The van der Waals surface area contributed by atoms with Crippen LogP contribution in [0.3, 0.4) is 0 Å². The van der Waals surface area contributed by atoms with Crippen molar-refractivity contribution in [1.29, 1.82) is 0 Å². The molecule has 1 saturated heterocycles. The molecule has 22 heavy (non-hydrogen) atoms. The van der Waals surface area contributed by atoms with Gasteiger partial charge in [-0.3, -0.25) is 14.4 Å². The average Bonchev–Trinajstić information content (AvgIpc) is 2.90. The molecule has 1 atom stereocenters. The molecular weight excluding hydrogens is 293 g/mol. The van der Waals surface area contributed by atoms with Gasteiger partial charge >= 0.3 is 11.9 Å². The molecule has 2 rings (SSSR count). The van der Waals surface area contributed by atoms with Gasteiger partial charge < -0.3 is 14.4 Å². The molecule has 0 aromatic heterocycles. The van der Waals surface area contributed by atoms with Crippen molar-refractivity contribution in [2.24, 2.45) is 5.92 Å². The van der Waals surface area contributed by atoms with Crippen LogP contribution < -0.4 is 4.90 Å². The van der Waals surface area contributed by atoms with Crippen molar-refractivity contribution in [3.8, 4) is 0 Å². The first-order valence-corrected chi connectivity index (χ1v) is 6.69. The van der Waals surface area contributed by atoms with Crippen LogP contribution >= 0.6 is 0 Å². The summed E-state index contributed by atoms with van der Waals surface area (Å²) in [4.78, 5) is 35.9. The molecule has 1 unspecified atom stereocenters. The lowest BCUT2D eigenvalue weighted by molar-refractivity contribution is -0.145. The molecule has 1 fully saturated rings. The van der Waals surface area contributed by atoms with Gasteiger partial charge in [0, 0.05) is 18.7 Å². The van der Waals surface area contributed by atoms with E-state index >= 15 is 0 Å². The molecule has 0 aliphatic carbocycles. The van der Waals surface area contributed by atoms with Crippen LogP contribution in [-0.4, -0.2) is 38.6 Å². The summed E-state index contributed by atoms with van der Waals surface area (Å²) in [7, 11) is 2.49. The van der Waals surface area contributed by atoms with E-state index in [4.69, 9.17) is 0 Å². The fourth-order valence-electron chi connectivity index (χ4n) is 2.36. The van der Waals surface area contributed by atoms with E-state index in [1.165, 1.54) is 31.3 Å². The number of anilines is 1. The monoisotopic (exact) mass is 309 g/mol. The largest absolute Gasteiger partial charge is 0.469 e. The van der Waals surface area contributed by atoms with E-state index in [-0.39, 0.29) is 30.9 Å². The Morgan fingerprint density at radius 1 is 1.32 bits per heavy atom. The van der Waals surface area contributed by atoms with E-state index in [1.54, 1.807) is 6.07 Å². The number of benzene rings is 1. The number of methoxy groups -OCH3 is 2. The molecule has 0 bridgehead atoms. The SMILES string of the molecule is COC(=O)Cc1ccc(N2CC(C(=O)OC)CC2=O)cc1F. The topological polar surface area (TPSA) is 72.9 Å². The first-order chi connectivity index (χ1) is 10.5. The van der Waals surface area contributed by atoms with Crippen molar-refractivity contribution in [2.45, 2.75) is 12.8 Å². The smallest absolute Gasteiger partial charge is 0.311 e. The van der Waals surface area contributed by atoms with Crippen molar-refractivity contribution in [3.05, 3.63) is 29.6 Å². The normalized spacial score (nSPS) is 17.5. The molecule has 118 valence electrons. The second kappa shape index (κ2) is 6.55. The predicted octanol–water partition coefficient (Wildman–Crippen LogP) is 1.07. The summed E-state index contributed by atoms with van der Waals surface area (Å²) in [5.74, 6) is -2.42.